The molecule has 5 heteroatoms. The van der Waals surface area contributed by atoms with Crippen molar-refractivity contribution in [2.75, 3.05) is 26.2 Å². The minimum Gasteiger partial charge on any atom is -0.494 e. The van der Waals surface area contributed by atoms with Gasteiger partial charge in [0, 0.05) is 13.0 Å². The van der Waals surface area contributed by atoms with Gasteiger partial charge in [0.2, 0.25) is 5.91 Å². The first-order chi connectivity index (χ1) is 10.2. The summed E-state index contributed by atoms with van der Waals surface area (Å²) in [6.07, 6.45) is 3.71. The topological polar surface area (TPSA) is 50.4 Å². The summed E-state index contributed by atoms with van der Waals surface area (Å²) < 4.78 is 5.64. The van der Waals surface area contributed by atoms with Crippen LogP contribution in [0.2, 0.25) is 0 Å². The highest BCUT2D eigenvalue weighted by Crippen LogP contribution is 2.12. The van der Waals surface area contributed by atoms with Gasteiger partial charge in [0.15, 0.2) is 0 Å². The van der Waals surface area contributed by atoms with Gasteiger partial charge in [0.25, 0.3) is 0 Å². The van der Waals surface area contributed by atoms with E-state index < -0.39 is 0 Å². The third kappa shape index (κ3) is 7.14. The Labute approximate surface area is 139 Å². The molecule has 0 spiro atoms. The van der Waals surface area contributed by atoms with E-state index in [0.717, 1.165) is 31.8 Å². The second-order valence-corrected chi connectivity index (χ2v) is 5.78. The smallest absolute Gasteiger partial charge is 0.220 e. The fraction of sp³-hybridized carbons (Fsp3) is 0.588. The lowest BCUT2D eigenvalue weighted by Crippen LogP contribution is -2.38. The minimum atomic E-state index is 0. The Bertz CT molecular complexity index is 448. The summed E-state index contributed by atoms with van der Waals surface area (Å²) in [6.45, 7) is 5.56. The van der Waals surface area contributed by atoms with Crippen LogP contribution in [0.5, 0.6) is 5.75 Å². The van der Waals surface area contributed by atoms with Gasteiger partial charge in [-0.2, -0.15) is 0 Å². The second kappa shape index (κ2) is 10.5. The van der Waals surface area contributed by atoms with E-state index in [1.165, 1.54) is 18.4 Å². The maximum absolute atomic E-state index is 11.8. The van der Waals surface area contributed by atoms with Crippen LogP contribution in [0.15, 0.2) is 24.3 Å². The molecule has 1 aromatic rings. The van der Waals surface area contributed by atoms with Crippen molar-refractivity contribution in [3.8, 4) is 5.75 Å². The molecule has 1 aromatic carbocycles. The summed E-state index contributed by atoms with van der Waals surface area (Å²) in [7, 11) is 0. The molecule has 1 aliphatic heterocycles. The van der Waals surface area contributed by atoms with Crippen molar-refractivity contribution in [3.63, 3.8) is 0 Å². The van der Waals surface area contributed by atoms with E-state index in [4.69, 9.17) is 4.74 Å². The third-order valence-electron chi connectivity index (χ3n) is 3.79. The predicted molar refractivity (Wildman–Crippen MR) is 91.8 cm³/mol. The molecule has 1 aliphatic rings. The number of nitrogens with one attached hydrogen (secondary N) is 2. The molecule has 1 amide bonds. The van der Waals surface area contributed by atoms with Gasteiger partial charge >= 0.3 is 0 Å². The van der Waals surface area contributed by atoms with Gasteiger partial charge in [-0.15, -0.1) is 12.4 Å². The van der Waals surface area contributed by atoms with E-state index in [0.29, 0.717) is 18.9 Å². The van der Waals surface area contributed by atoms with E-state index >= 15 is 0 Å². The lowest BCUT2D eigenvalue weighted by atomic mass is 10.00. The third-order valence-corrected chi connectivity index (χ3v) is 3.79. The average Bonchev–Trinajstić information content (AvgIpc) is 2.51. The fourth-order valence-electron chi connectivity index (χ4n) is 2.57. The molecule has 2 rings (SSSR count). The van der Waals surface area contributed by atoms with Gasteiger partial charge in [-0.25, -0.2) is 0 Å². The van der Waals surface area contributed by atoms with E-state index in [1.807, 2.05) is 31.2 Å². The summed E-state index contributed by atoms with van der Waals surface area (Å²) in [5.41, 5.74) is 1.19. The van der Waals surface area contributed by atoms with Crippen LogP contribution in [-0.2, 0) is 4.79 Å². The number of carbonyl (C=O) groups excluding carboxylic acids is 1. The van der Waals surface area contributed by atoms with Gasteiger partial charge in [-0.05, 0) is 62.9 Å². The molecular formula is C17H27ClN2O2. The number of carbonyl (C=O) groups is 1. The molecule has 124 valence electrons. The first-order valence-electron chi connectivity index (χ1n) is 7.91. The van der Waals surface area contributed by atoms with Crippen LogP contribution >= 0.6 is 12.4 Å². The maximum atomic E-state index is 11.8. The van der Waals surface area contributed by atoms with E-state index in [9.17, 15) is 4.79 Å². The van der Waals surface area contributed by atoms with Crippen molar-refractivity contribution in [3.05, 3.63) is 29.8 Å². The number of ether oxygens (including phenoxy) is 1. The van der Waals surface area contributed by atoms with Crippen LogP contribution in [-0.4, -0.2) is 32.1 Å². The van der Waals surface area contributed by atoms with E-state index in [1.54, 1.807) is 0 Å². The van der Waals surface area contributed by atoms with Crippen LogP contribution < -0.4 is 15.4 Å². The van der Waals surface area contributed by atoms with Gasteiger partial charge in [0.1, 0.15) is 5.75 Å². The Morgan fingerprint density at radius 1 is 1.45 bits per heavy atom. The lowest BCUT2D eigenvalue weighted by Gasteiger charge is -2.22. The van der Waals surface area contributed by atoms with Crippen molar-refractivity contribution < 1.29 is 9.53 Å². The fourth-order valence-corrected chi connectivity index (χ4v) is 2.57. The SMILES string of the molecule is Cc1cccc(OCCCC(=O)NCC2CCCNC2)c1.Cl. The lowest BCUT2D eigenvalue weighted by molar-refractivity contribution is -0.121. The van der Waals surface area contributed by atoms with Crippen LogP contribution in [0, 0.1) is 12.8 Å². The molecule has 2 N–H and O–H groups in total. The first kappa shape index (κ1) is 18.8. The molecule has 4 nitrogen and oxygen atoms in total. The normalized spacial score (nSPS) is 17.4. The molecule has 1 unspecified atom stereocenters. The monoisotopic (exact) mass is 326 g/mol. The predicted octanol–water partition coefficient (Wildman–Crippen LogP) is 2.69. The second-order valence-electron chi connectivity index (χ2n) is 5.78. The summed E-state index contributed by atoms with van der Waals surface area (Å²) in [5.74, 6) is 1.60. The van der Waals surface area contributed by atoms with Crippen molar-refractivity contribution in [2.45, 2.75) is 32.6 Å². The number of amides is 1. The quantitative estimate of drug-likeness (QED) is 0.757. The molecule has 1 heterocycles. The number of hydrogen-bond donors (Lipinski definition) is 2. The molecular weight excluding hydrogens is 300 g/mol. The van der Waals surface area contributed by atoms with Gasteiger partial charge in [0.05, 0.1) is 6.61 Å². The van der Waals surface area contributed by atoms with E-state index in [2.05, 4.69) is 10.6 Å². The zero-order valence-electron chi connectivity index (χ0n) is 13.3. The number of benzene rings is 1. The van der Waals surface area contributed by atoms with Crippen molar-refractivity contribution >= 4 is 18.3 Å². The molecule has 1 atom stereocenters. The van der Waals surface area contributed by atoms with Crippen LogP contribution in [0.3, 0.4) is 0 Å². The standard InChI is InChI=1S/C17H26N2O2.ClH/c1-14-5-2-7-16(11-14)21-10-4-8-17(20)19-13-15-6-3-9-18-12-15;/h2,5,7,11,15,18H,3-4,6,8-10,12-13H2,1H3,(H,19,20);1H. The first-order valence-corrected chi connectivity index (χ1v) is 7.91. The Kier molecular flexibility index (Phi) is 8.94. The highest BCUT2D eigenvalue weighted by molar-refractivity contribution is 5.85. The largest absolute Gasteiger partial charge is 0.494 e. The number of halogens is 1. The Hall–Kier alpha value is -1.26. The maximum Gasteiger partial charge on any atom is 0.220 e. The molecule has 1 fully saturated rings. The van der Waals surface area contributed by atoms with Crippen molar-refractivity contribution in [2.24, 2.45) is 5.92 Å². The number of aryl methyl sites for hydroxylation is 1. The Balaban J connectivity index is 0.00000242. The summed E-state index contributed by atoms with van der Waals surface area (Å²) in [6, 6.07) is 7.98. The van der Waals surface area contributed by atoms with E-state index in [-0.39, 0.29) is 18.3 Å². The number of hydrogen-bond acceptors (Lipinski definition) is 3. The van der Waals surface area contributed by atoms with Crippen LogP contribution in [0.4, 0.5) is 0 Å². The van der Waals surface area contributed by atoms with Crippen molar-refractivity contribution in [1.29, 1.82) is 0 Å². The van der Waals surface area contributed by atoms with Crippen LogP contribution in [0.25, 0.3) is 0 Å². The Morgan fingerprint density at radius 2 is 2.32 bits per heavy atom. The Morgan fingerprint density at radius 3 is 3.05 bits per heavy atom. The number of piperidine rings is 1. The molecule has 1 saturated heterocycles. The molecule has 0 bridgehead atoms. The van der Waals surface area contributed by atoms with Crippen LogP contribution in [0.1, 0.15) is 31.2 Å². The zero-order chi connectivity index (χ0) is 14.9. The summed E-state index contributed by atoms with van der Waals surface area (Å²) >= 11 is 0. The molecule has 0 aliphatic carbocycles. The molecule has 0 aromatic heterocycles. The average molecular weight is 327 g/mol. The highest BCUT2D eigenvalue weighted by Gasteiger charge is 2.13. The molecule has 22 heavy (non-hydrogen) atoms. The van der Waals surface area contributed by atoms with Crippen molar-refractivity contribution in [1.82, 2.24) is 10.6 Å². The van der Waals surface area contributed by atoms with Gasteiger partial charge < -0.3 is 15.4 Å². The number of rotatable bonds is 7. The zero-order valence-corrected chi connectivity index (χ0v) is 14.1. The van der Waals surface area contributed by atoms with Gasteiger partial charge in [-0.3, -0.25) is 4.79 Å². The summed E-state index contributed by atoms with van der Waals surface area (Å²) in [5, 5.41) is 6.39. The summed E-state index contributed by atoms with van der Waals surface area (Å²) in [4.78, 5) is 11.8. The van der Waals surface area contributed by atoms with Gasteiger partial charge in [-0.1, -0.05) is 12.1 Å². The highest BCUT2D eigenvalue weighted by atomic mass is 35.5. The minimum absolute atomic E-state index is 0. The molecule has 0 radical (unpaired) electrons. The molecule has 0 saturated carbocycles.